The molecule has 0 spiro atoms. The Bertz CT molecular complexity index is 1540. The van der Waals surface area contributed by atoms with Gasteiger partial charge in [0.05, 0.1) is 12.7 Å². The highest BCUT2D eigenvalue weighted by Crippen LogP contribution is 2.43. The van der Waals surface area contributed by atoms with Gasteiger partial charge in [-0.25, -0.2) is 4.79 Å². The van der Waals surface area contributed by atoms with E-state index in [-0.39, 0.29) is 11.3 Å². The van der Waals surface area contributed by atoms with E-state index >= 15 is 0 Å². The number of para-hydroxylation sites is 1. The molecule has 44 heavy (non-hydrogen) atoms. The fraction of sp³-hybridized carbons (Fsp3) is 0.389. The number of carbonyl (C=O) groups is 2. The number of amides is 1. The van der Waals surface area contributed by atoms with Crippen LogP contribution in [0.5, 0.6) is 11.5 Å². The largest absolute Gasteiger partial charge is 0.465 e. The zero-order valence-corrected chi connectivity index (χ0v) is 27.1. The van der Waals surface area contributed by atoms with E-state index in [4.69, 9.17) is 21.1 Å². The van der Waals surface area contributed by atoms with Gasteiger partial charge in [0.15, 0.2) is 0 Å². The smallest absolute Gasteiger partial charge is 0.341 e. The van der Waals surface area contributed by atoms with Crippen LogP contribution in [0, 0.1) is 5.41 Å². The summed E-state index contributed by atoms with van der Waals surface area (Å²) in [5.41, 5.74) is 6.26. The molecule has 1 heterocycles. The van der Waals surface area contributed by atoms with Crippen molar-refractivity contribution in [2.24, 2.45) is 5.41 Å². The number of hydrogen-bond donors (Lipinski definition) is 0. The molecule has 0 saturated carbocycles. The van der Waals surface area contributed by atoms with E-state index in [9.17, 15) is 9.59 Å². The van der Waals surface area contributed by atoms with E-state index in [2.05, 4.69) is 35.8 Å². The van der Waals surface area contributed by atoms with Crippen LogP contribution in [0.15, 0.2) is 72.3 Å². The van der Waals surface area contributed by atoms with Crippen molar-refractivity contribution < 1.29 is 19.1 Å². The maximum absolute atomic E-state index is 12.8. The molecule has 1 aliphatic carbocycles. The Morgan fingerprint density at radius 2 is 1.61 bits per heavy atom. The van der Waals surface area contributed by atoms with Gasteiger partial charge in [-0.3, -0.25) is 9.69 Å². The second-order valence-corrected chi connectivity index (χ2v) is 13.1. The third-order valence-corrected chi connectivity index (χ3v) is 8.90. The zero-order chi connectivity index (χ0) is 31.4. The monoisotopic (exact) mass is 615 g/mol. The van der Waals surface area contributed by atoms with Gasteiger partial charge in [0, 0.05) is 63.6 Å². The van der Waals surface area contributed by atoms with Crippen molar-refractivity contribution in [2.45, 2.75) is 33.1 Å². The van der Waals surface area contributed by atoms with Crippen molar-refractivity contribution in [3.05, 3.63) is 94.0 Å². The average molecular weight is 616 g/mol. The number of anilines is 1. The van der Waals surface area contributed by atoms with Crippen LogP contribution in [0.3, 0.4) is 0 Å². The van der Waals surface area contributed by atoms with E-state index < -0.39 is 5.97 Å². The van der Waals surface area contributed by atoms with Gasteiger partial charge in [0.1, 0.15) is 17.1 Å². The minimum absolute atomic E-state index is 0.177. The summed E-state index contributed by atoms with van der Waals surface area (Å²) < 4.78 is 11.3. The number of halogens is 1. The molecule has 0 atom stereocenters. The number of nitrogens with zero attached hydrogens (tertiary/aromatic N) is 3. The average Bonchev–Trinajstić information content (AvgIpc) is 3.02. The minimum Gasteiger partial charge on any atom is -0.465 e. The predicted molar refractivity (Wildman–Crippen MR) is 177 cm³/mol. The number of allylic oxidation sites excluding steroid dienone is 1. The van der Waals surface area contributed by atoms with Crippen LogP contribution in [-0.2, 0) is 4.74 Å². The highest BCUT2D eigenvalue weighted by Gasteiger charge is 2.29. The molecule has 1 saturated heterocycles. The van der Waals surface area contributed by atoms with E-state index in [1.54, 1.807) is 38.4 Å². The lowest BCUT2D eigenvalue weighted by atomic mass is 9.72. The first-order valence-corrected chi connectivity index (χ1v) is 15.6. The molecule has 0 N–H and O–H groups in total. The predicted octanol–water partition coefficient (Wildman–Crippen LogP) is 7.41. The van der Waals surface area contributed by atoms with Gasteiger partial charge in [-0.1, -0.05) is 55.3 Å². The third-order valence-electron chi connectivity index (χ3n) is 8.64. The first-order chi connectivity index (χ1) is 21.0. The molecule has 7 nitrogen and oxygen atoms in total. The molecule has 232 valence electrons. The molecule has 2 aliphatic rings. The summed E-state index contributed by atoms with van der Waals surface area (Å²) in [6.07, 6.45) is 3.37. The van der Waals surface area contributed by atoms with Crippen molar-refractivity contribution >= 4 is 34.7 Å². The third kappa shape index (κ3) is 7.28. The molecule has 0 unspecified atom stereocenters. The van der Waals surface area contributed by atoms with Gasteiger partial charge in [0.2, 0.25) is 0 Å². The fourth-order valence-electron chi connectivity index (χ4n) is 6.06. The SMILES string of the molecule is COC(=O)c1ccc(N2CCN(CC3=C(c4ccc(Cl)cc4)CC(C)(C)CC3)CC2)cc1Oc1ccccc1C(=O)N(C)C. The van der Waals surface area contributed by atoms with Crippen LogP contribution < -0.4 is 9.64 Å². The van der Waals surface area contributed by atoms with Crippen molar-refractivity contribution in [3.63, 3.8) is 0 Å². The first-order valence-electron chi connectivity index (χ1n) is 15.2. The summed E-state index contributed by atoms with van der Waals surface area (Å²) in [5.74, 6) is 0.0775. The number of methoxy groups -OCH3 is 1. The summed E-state index contributed by atoms with van der Waals surface area (Å²) in [6, 6.07) is 20.9. The molecule has 8 heteroatoms. The minimum atomic E-state index is -0.492. The molecule has 0 aromatic heterocycles. The molecular formula is C36H42ClN3O4. The first kappa shape index (κ1) is 31.6. The number of piperazine rings is 1. The molecule has 3 aromatic rings. The van der Waals surface area contributed by atoms with E-state index in [1.165, 1.54) is 35.1 Å². The highest BCUT2D eigenvalue weighted by molar-refractivity contribution is 6.30. The number of carbonyl (C=O) groups excluding carboxylic acids is 2. The lowest BCUT2D eigenvalue weighted by Crippen LogP contribution is -2.47. The number of ether oxygens (including phenoxy) is 2. The molecule has 0 bridgehead atoms. The van der Waals surface area contributed by atoms with Crippen molar-refractivity contribution in [3.8, 4) is 11.5 Å². The summed E-state index contributed by atoms with van der Waals surface area (Å²) in [5, 5.41) is 0.765. The Hall–Kier alpha value is -3.81. The van der Waals surface area contributed by atoms with E-state index in [0.717, 1.165) is 56.3 Å². The number of esters is 1. The Kier molecular flexibility index (Phi) is 9.66. The summed E-state index contributed by atoms with van der Waals surface area (Å²) >= 11 is 6.20. The summed E-state index contributed by atoms with van der Waals surface area (Å²) in [6.45, 7) is 9.24. The molecule has 5 rings (SSSR count). The number of benzene rings is 3. The van der Waals surface area contributed by atoms with Crippen LogP contribution >= 0.6 is 11.6 Å². The van der Waals surface area contributed by atoms with Crippen LogP contribution in [0.4, 0.5) is 5.69 Å². The number of hydrogen-bond acceptors (Lipinski definition) is 6. The number of rotatable bonds is 8. The Balaban J connectivity index is 1.33. The maximum atomic E-state index is 12.8. The summed E-state index contributed by atoms with van der Waals surface area (Å²) in [7, 11) is 4.75. The van der Waals surface area contributed by atoms with Gasteiger partial charge in [-0.2, -0.15) is 0 Å². The van der Waals surface area contributed by atoms with Gasteiger partial charge in [-0.05, 0) is 72.2 Å². The molecule has 0 radical (unpaired) electrons. The van der Waals surface area contributed by atoms with Gasteiger partial charge < -0.3 is 19.3 Å². The van der Waals surface area contributed by atoms with E-state index in [0.29, 0.717) is 22.6 Å². The topological polar surface area (TPSA) is 62.3 Å². The van der Waals surface area contributed by atoms with Crippen LogP contribution in [0.2, 0.25) is 5.02 Å². The quantitative estimate of drug-likeness (QED) is 0.246. The Morgan fingerprint density at radius 1 is 0.909 bits per heavy atom. The van der Waals surface area contributed by atoms with Gasteiger partial charge in [-0.15, -0.1) is 0 Å². The van der Waals surface area contributed by atoms with Crippen LogP contribution in [0.1, 0.15) is 59.4 Å². The van der Waals surface area contributed by atoms with Crippen LogP contribution in [-0.4, -0.2) is 75.6 Å². The molecule has 1 fully saturated rings. The van der Waals surface area contributed by atoms with Gasteiger partial charge in [0.25, 0.3) is 5.91 Å². The lowest BCUT2D eigenvalue weighted by molar-refractivity contribution is 0.0598. The normalized spacial score (nSPS) is 16.9. The second kappa shape index (κ2) is 13.4. The molecule has 1 aliphatic heterocycles. The maximum Gasteiger partial charge on any atom is 0.341 e. The van der Waals surface area contributed by atoms with E-state index in [1.807, 2.05) is 30.3 Å². The lowest BCUT2D eigenvalue weighted by Gasteiger charge is -2.39. The zero-order valence-electron chi connectivity index (χ0n) is 26.4. The Morgan fingerprint density at radius 3 is 2.30 bits per heavy atom. The van der Waals surface area contributed by atoms with Gasteiger partial charge >= 0.3 is 5.97 Å². The van der Waals surface area contributed by atoms with Crippen molar-refractivity contribution in [2.75, 3.05) is 58.8 Å². The molecule has 1 amide bonds. The van der Waals surface area contributed by atoms with Crippen LogP contribution in [0.25, 0.3) is 5.57 Å². The van der Waals surface area contributed by atoms with Crippen molar-refractivity contribution in [1.29, 1.82) is 0 Å². The fourth-order valence-corrected chi connectivity index (χ4v) is 6.19. The highest BCUT2D eigenvalue weighted by atomic mass is 35.5. The second-order valence-electron chi connectivity index (χ2n) is 12.7. The Labute approximate surface area is 266 Å². The molecule has 3 aromatic carbocycles. The van der Waals surface area contributed by atoms with Crippen molar-refractivity contribution in [1.82, 2.24) is 9.80 Å². The summed E-state index contributed by atoms with van der Waals surface area (Å²) in [4.78, 5) is 31.8. The molecular weight excluding hydrogens is 574 g/mol. The standard InChI is InChI=1S/C36H42ClN3O4/c1-36(2)17-16-26(31(23-36)25-10-12-27(37)13-11-25)24-39-18-20-40(21-19-39)28-14-15-30(35(42)43-5)33(22-28)44-32-9-7-6-8-29(32)34(41)38(3)4/h6-15,22H,16-21,23-24H2,1-5H3.